The Labute approximate surface area is 121 Å². The standard InChI is InChI=1S/C15H29BrO2/c16-12-8-5-3-1-2-4-6-9-13-17-15-11-7-10-14-18-15/h15H,1-14H2/t15-/m1/s1. The van der Waals surface area contributed by atoms with Crippen molar-refractivity contribution in [1.82, 2.24) is 0 Å². The van der Waals surface area contributed by atoms with Crippen molar-refractivity contribution in [1.29, 1.82) is 0 Å². The lowest BCUT2D eigenvalue weighted by atomic mass is 10.1. The molecule has 18 heavy (non-hydrogen) atoms. The molecular formula is C15H29BrO2. The third-order valence-corrected chi connectivity index (χ3v) is 4.03. The highest BCUT2D eigenvalue weighted by molar-refractivity contribution is 9.09. The quantitative estimate of drug-likeness (QED) is 0.392. The predicted octanol–water partition coefficient (Wildman–Crippen LogP) is 5.05. The van der Waals surface area contributed by atoms with E-state index in [0.29, 0.717) is 0 Å². The first-order chi connectivity index (χ1) is 8.93. The van der Waals surface area contributed by atoms with Crippen LogP contribution in [0.4, 0.5) is 0 Å². The van der Waals surface area contributed by atoms with Gasteiger partial charge >= 0.3 is 0 Å². The summed E-state index contributed by atoms with van der Waals surface area (Å²) < 4.78 is 11.2. The van der Waals surface area contributed by atoms with Gasteiger partial charge in [-0.2, -0.15) is 0 Å². The fourth-order valence-corrected chi connectivity index (χ4v) is 2.71. The Kier molecular flexibility index (Phi) is 11.4. The molecule has 1 heterocycles. The highest BCUT2D eigenvalue weighted by Gasteiger charge is 2.13. The van der Waals surface area contributed by atoms with Gasteiger partial charge < -0.3 is 9.47 Å². The molecule has 2 nitrogen and oxygen atoms in total. The summed E-state index contributed by atoms with van der Waals surface area (Å²) in [5.74, 6) is 0. The topological polar surface area (TPSA) is 18.5 Å². The second kappa shape index (κ2) is 12.4. The second-order valence-electron chi connectivity index (χ2n) is 5.18. The Morgan fingerprint density at radius 1 is 0.889 bits per heavy atom. The Bertz CT molecular complexity index is 170. The summed E-state index contributed by atoms with van der Waals surface area (Å²) in [6.07, 6.45) is 14.4. The van der Waals surface area contributed by atoms with Gasteiger partial charge in [-0.25, -0.2) is 0 Å². The van der Waals surface area contributed by atoms with Crippen molar-refractivity contribution in [3.8, 4) is 0 Å². The fourth-order valence-electron chi connectivity index (χ4n) is 2.31. The normalized spacial score (nSPS) is 20.2. The maximum absolute atomic E-state index is 5.72. The Hall–Kier alpha value is 0.400. The van der Waals surface area contributed by atoms with E-state index in [4.69, 9.17) is 9.47 Å². The van der Waals surface area contributed by atoms with E-state index >= 15 is 0 Å². The van der Waals surface area contributed by atoms with Crippen molar-refractivity contribution in [2.24, 2.45) is 0 Å². The van der Waals surface area contributed by atoms with Crippen molar-refractivity contribution >= 4 is 15.9 Å². The minimum Gasteiger partial charge on any atom is -0.353 e. The molecule has 3 heteroatoms. The summed E-state index contributed by atoms with van der Waals surface area (Å²) in [4.78, 5) is 0. The van der Waals surface area contributed by atoms with E-state index in [-0.39, 0.29) is 6.29 Å². The van der Waals surface area contributed by atoms with Gasteiger partial charge in [0.25, 0.3) is 0 Å². The molecule has 0 aromatic carbocycles. The second-order valence-corrected chi connectivity index (χ2v) is 5.98. The molecule has 1 atom stereocenters. The van der Waals surface area contributed by atoms with Gasteiger partial charge in [-0.1, -0.05) is 54.5 Å². The summed E-state index contributed by atoms with van der Waals surface area (Å²) in [5.41, 5.74) is 0. The van der Waals surface area contributed by atoms with Gasteiger partial charge in [-0.3, -0.25) is 0 Å². The molecule has 0 radical (unpaired) electrons. The van der Waals surface area contributed by atoms with E-state index in [2.05, 4.69) is 15.9 Å². The predicted molar refractivity (Wildman–Crippen MR) is 80.3 cm³/mol. The summed E-state index contributed by atoms with van der Waals surface area (Å²) >= 11 is 3.47. The minimum atomic E-state index is 0.100. The third kappa shape index (κ3) is 9.35. The number of hydrogen-bond donors (Lipinski definition) is 0. The molecule has 0 spiro atoms. The Balaban J connectivity index is 1.73. The van der Waals surface area contributed by atoms with Crippen LogP contribution in [0.5, 0.6) is 0 Å². The van der Waals surface area contributed by atoms with Crippen molar-refractivity contribution in [3.63, 3.8) is 0 Å². The number of ether oxygens (including phenoxy) is 2. The molecule has 1 fully saturated rings. The highest BCUT2D eigenvalue weighted by Crippen LogP contribution is 2.14. The third-order valence-electron chi connectivity index (χ3n) is 3.47. The van der Waals surface area contributed by atoms with Crippen LogP contribution in [0, 0.1) is 0 Å². The molecule has 0 unspecified atom stereocenters. The van der Waals surface area contributed by atoms with E-state index in [1.807, 2.05) is 0 Å². The van der Waals surface area contributed by atoms with E-state index in [1.54, 1.807) is 0 Å². The molecule has 1 saturated heterocycles. The average molecular weight is 321 g/mol. The number of halogens is 1. The molecule has 0 bridgehead atoms. The molecule has 0 aromatic heterocycles. The highest BCUT2D eigenvalue weighted by atomic mass is 79.9. The summed E-state index contributed by atoms with van der Waals surface area (Å²) in [6.45, 7) is 1.77. The van der Waals surface area contributed by atoms with Gasteiger partial charge in [0.1, 0.15) is 0 Å². The monoisotopic (exact) mass is 320 g/mol. The maximum atomic E-state index is 5.72. The van der Waals surface area contributed by atoms with Gasteiger partial charge in [0.2, 0.25) is 0 Å². The zero-order chi connectivity index (χ0) is 12.9. The van der Waals surface area contributed by atoms with Gasteiger partial charge in [0.15, 0.2) is 6.29 Å². The molecule has 0 amide bonds. The van der Waals surface area contributed by atoms with Crippen LogP contribution in [0.15, 0.2) is 0 Å². The maximum Gasteiger partial charge on any atom is 0.157 e. The van der Waals surface area contributed by atoms with Gasteiger partial charge in [0.05, 0.1) is 0 Å². The lowest BCUT2D eigenvalue weighted by molar-refractivity contribution is -0.162. The smallest absolute Gasteiger partial charge is 0.157 e. The van der Waals surface area contributed by atoms with Crippen molar-refractivity contribution in [3.05, 3.63) is 0 Å². The molecule has 1 aliphatic rings. The number of hydrogen-bond acceptors (Lipinski definition) is 2. The number of alkyl halides is 1. The molecule has 0 N–H and O–H groups in total. The molecular weight excluding hydrogens is 292 g/mol. The largest absolute Gasteiger partial charge is 0.353 e. The zero-order valence-corrected chi connectivity index (χ0v) is 13.3. The number of unbranched alkanes of at least 4 members (excludes halogenated alkanes) is 7. The van der Waals surface area contributed by atoms with Crippen molar-refractivity contribution < 1.29 is 9.47 Å². The van der Waals surface area contributed by atoms with Crippen molar-refractivity contribution in [2.75, 3.05) is 18.5 Å². The first-order valence-corrected chi connectivity index (χ1v) is 8.85. The lowest BCUT2D eigenvalue weighted by Gasteiger charge is -2.22. The van der Waals surface area contributed by atoms with E-state index in [9.17, 15) is 0 Å². The summed E-state index contributed by atoms with van der Waals surface area (Å²) in [5, 5.41) is 1.16. The van der Waals surface area contributed by atoms with E-state index in [1.165, 1.54) is 64.2 Å². The molecule has 0 saturated carbocycles. The van der Waals surface area contributed by atoms with Crippen LogP contribution in [-0.4, -0.2) is 24.8 Å². The first kappa shape index (κ1) is 16.5. The van der Waals surface area contributed by atoms with Crippen LogP contribution < -0.4 is 0 Å². The zero-order valence-electron chi connectivity index (χ0n) is 11.7. The van der Waals surface area contributed by atoms with Gasteiger partial charge in [-0.15, -0.1) is 0 Å². The van der Waals surface area contributed by atoms with Crippen LogP contribution in [0.2, 0.25) is 0 Å². The minimum absolute atomic E-state index is 0.100. The molecule has 1 rings (SSSR count). The first-order valence-electron chi connectivity index (χ1n) is 7.72. The average Bonchev–Trinajstić information content (AvgIpc) is 2.42. The number of rotatable bonds is 11. The van der Waals surface area contributed by atoms with Crippen LogP contribution in [0.1, 0.15) is 70.6 Å². The summed E-state index contributed by atoms with van der Waals surface area (Å²) in [6, 6.07) is 0. The van der Waals surface area contributed by atoms with Crippen LogP contribution in [0.25, 0.3) is 0 Å². The lowest BCUT2D eigenvalue weighted by Crippen LogP contribution is -2.22. The summed E-state index contributed by atoms with van der Waals surface area (Å²) in [7, 11) is 0. The van der Waals surface area contributed by atoms with Gasteiger partial charge in [0, 0.05) is 18.5 Å². The SMILES string of the molecule is BrCCCCCCCCCCO[C@H]1CCCCO1. The Morgan fingerprint density at radius 3 is 2.17 bits per heavy atom. The van der Waals surface area contributed by atoms with E-state index in [0.717, 1.165) is 25.0 Å². The fraction of sp³-hybridized carbons (Fsp3) is 1.00. The molecule has 1 aliphatic heterocycles. The molecule has 108 valence electrons. The van der Waals surface area contributed by atoms with Crippen molar-refractivity contribution in [2.45, 2.75) is 76.9 Å². The Morgan fingerprint density at radius 2 is 1.56 bits per heavy atom. The van der Waals surface area contributed by atoms with Crippen LogP contribution >= 0.6 is 15.9 Å². The molecule has 0 aromatic rings. The molecule has 0 aliphatic carbocycles. The van der Waals surface area contributed by atoms with E-state index < -0.39 is 0 Å². The van der Waals surface area contributed by atoms with Gasteiger partial charge in [-0.05, 0) is 32.1 Å². The van der Waals surface area contributed by atoms with Crippen LogP contribution in [0.3, 0.4) is 0 Å². The van der Waals surface area contributed by atoms with Crippen LogP contribution in [-0.2, 0) is 9.47 Å².